The third-order valence-corrected chi connectivity index (χ3v) is 2.97. The van der Waals surface area contributed by atoms with Gasteiger partial charge in [0.25, 0.3) is 0 Å². The molecule has 0 bridgehead atoms. The van der Waals surface area contributed by atoms with Crippen LogP contribution < -0.4 is 4.74 Å². The van der Waals surface area contributed by atoms with Gasteiger partial charge in [-0.15, -0.1) is 0 Å². The van der Waals surface area contributed by atoms with E-state index in [0.717, 1.165) is 25.0 Å². The van der Waals surface area contributed by atoms with E-state index >= 15 is 0 Å². The predicted molar refractivity (Wildman–Crippen MR) is 63.8 cm³/mol. The summed E-state index contributed by atoms with van der Waals surface area (Å²) >= 11 is 0. The van der Waals surface area contributed by atoms with E-state index in [9.17, 15) is 4.79 Å². The standard InChI is InChI=1S/C14H18O2/c1-10-7-11(2)9-12(8-10)16-14-6-4-3-5-13(14)15/h7-9,14H,3-6H2,1-2H3. The van der Waals surface area contributed by atoms with Gasteiger partial charge in [0.15, 0.2) is 11.9 Å². The first-order valence-electron chi connectivity index (χ1n) is 5.93. The molecule has 0 spiro atoms. The van der Waals surface area contributed by atoms with Crippen molar-refractivity contribution in [3.63, 3.8) is 0 Å². The molecular weight excluding hydrogens is 200 g/mol. The second kappa shape index (κ2) is 4.69. The van der Waals surface area contributed by atoms with Gasteiger partial charge in [-0.05, 0) is 56.4 Å². The monoisotopic (exact) mass is 218 g/mol. The SMILES string of the molecule is Cc1cc(C)cc(OC2CCCCC2=O)c1. The van der Waals surface area contributed by atoms with Crippen molar-refractivity contribution in [3.05, 3.63) is 29.3 Å². The van der Waals surface area contributed by atoms with E-state index < -0.39 is 0 Å². The highest BCUT2D eigenvalue weighted by Crippen LogP contribution is 2.23. The fraction of sp³-hybridized carbons (Fsp3) is 0.500. The molecule has 1 atom stereocenters. The summed E-state index contributed by atoms with van der Waals surface area (Å²) in [6, 6.07) is 6.10. The van der Waals surface area contributed by atoms with Crippen LogP contribution >= 0.6 is 0 Å². The highest BCUT2D eigenvalue weighted by Gasteiger charge is 2.23. The Morgan fingerprint density at radius 2 is 1.81 bits per heavy atom. The molecule has 2 rings (SSSR count). The molecule has 0 heterocycles. The lowest BCUT2D eigenvalue weighted by Gasteiger charge is -2.22. The summed E-state index contributed by atoms with van der Waals surface area (Å²) in [6.45, 7) is 4.09. The molecule has 0 saturated heterocycles. The first-order chi connectivity index (χ1) is 7.65. The average molecular weight is 218 g/mol. The second-order valence-corrected chi connectivity index (χ2v) is 4.64. The highest BCUT2D eigenvalue weighted by molar-refractivity contribution is 5.84. The molecule has 1 aromatic carbocycles. The molecule has 1 aromatic rings. The average Bonchev–Trinajstić information content (AvgIpc) is 2.20. The van der Waals surface area contributed by atoms with Crippen LogP contribution in [0.25, 0.3) is 0 Å². The maximum atomic E-state index is 11.6. The second-order valence-electron chi connectivity index (χ2n) is 4.64. The number of Topliss-reactive ketones (excluding diaryl/α,β-unsaturated/α-hetero) is 1. The molecule has 1 unspecified atom stereocenters. The van der Waals surface area contributed by atoms with E-state index in [-0.39, 0.29) is 11.9 Å². The molecule has 1 aliphatic rings. The smallest absolute Gasteiger partial charge is 0.173 e. The molecule has 0 aliphatic heterocycles. The highest BCUT2D eigenvalue weighted by atomic mass is 16.5. The van der Waals surface area contributed by atoms with E-state index in [2.05, 4.69) is 6.07 Å². The van der Waals surface area contributed by atoms with Crippen LogP contribution in [0, 0.1) is 13.8 Å². The summed E-state index contributed by atoms with van der Waals surface area (Å²) < 4.78 is 5.78. The summed E-state index contributed by atoms with van der Waals surface area (Å²) in [5.74, 6) is 1.09. The summed E-state index contributed by atoms with van der Waals surface area (Å²) in [5.41, 5.74) is 2.36. The van der Waals surface area contributed by atoms with Crippen LogP contribution in [0.3, 0.4) is 0 Å². The van der Waals surface area contributed by atoms with Crippen molar-refractivity contribution in [1.82, 2.24) is 0 Å². The summed E-state index contributed by atoms with van der Waals surface area (Å²) in [4.78, 5) is 11.6. The minimum atomic E-state index is -0.213. The van der Waals surface area contributed by atoms with Crippen LogP contribution in [-0.2, 0) is 4.79 Å². The number of carbonyl (C=O) groups excluding carboxylic acids is 1. The van der Waals surface area contributed by atoms with Gasteiger partial charge < -0.3 is 4.74 Å². The fourth-order valence-electron chi connectivity index (χ4n) is 2.24. The lowest BCUT2D eigenvalue weighted by atomic mass is 9.96. The van der Waals surface area contributed by atoms with Gasteiger partial charge in [-0.25, -0.2) is 0 Å². The minimum Gasteiger partial charge on any atom is -0.483 e. The fourth-order valence-corrected chi connectivity index (χ4v) is 2.24. The number of hydrogen-bond acceptors (Lipinski definition) is 2. The molecule has 2 heteroatoms. The Kier molecular flexibility index (Phi) is 3.28. The number of rotatable bonds is 2. The Hall–Kier alpha value is -1.31. The lowest BCUT2D eigenvalue weighted by Crippen LogP contribution is -2.30. The van der Waals surface area contributed by atoms with Crippen molar-refractivity contribution >= 4 is 5.78 Å². The molecule has 0 N–H and O–H groups in total. The Morgan fingerprint density at radius 1 is 1.12 bits per heavy atom. The van der Waals surface area contributed by atoms with Crippen molar-refractivity contribution < 1.29 is 9.53 Å². The summed E-state index contributed by atoms with van der Waals surface area (Å²) in [7, 11) is 0. The van der Waals surface area contributed by atoms with Gasteiger partial charge in [0.05, 0.1) is 0 Å². The number of benzene rings is 1. The van der Waals surface area contributed by atoms with Crippen LogP contribution in [-0.4, -0.2) is 11.9 Å². The molecule has 86 valence electrons. The van der Waals surface area contributed by atoms with Crippen molar-refractivity contribution in [2.45, 2.75) is 45.6 Å². The quantitative estimate of drug-likeness (QED) is 0.762. The first-order valence-corrected chi connectivity index (χ1v) is 5.93. The van der Waals surface area contributed by atoms with E-state index in [4.69, 9.17) is 4.74 Å². The number of carbonyl (C=O) groups is 1. The van der Waals surface area contributed by atoms with Gasteiger partial charge >= 0.3 is 0 Å². The predicted octanol–water partition coefficient (Wildman–Crippen LogP) is 3.19. The van der Waals surface area contributed by atoms with E-state index in [0.29, 0.717) is 6.42 Å². The molecule has 0 radical (unpaired) electrons. The Bertz CT molecular complexity index is 375. The van der Waals surface area contributed by atoms with Crippen molar-refractivity contribution in [2.75, 3.05) is 0 Å². The van der Waals surface area contributed by atoms with Crippen molar-refractivity contribution in [3.8, 4) is 5.75 Å². The zero-order valence-electron chi connectivity index (χ0n) is 9.95. The minimum absolute atomic E-state index is 0.213. The summed E-state index contributed by atoms with van der Waals surface area (Å²) in [5, 5.41) is 0. The van der Waals surface area contributed by atoms with Crippen LogP contribution in [0.2, 0.25) is 0 Å². The molecule has 1 aliphatic carbocycles. The van der Waals surface area contributed by atoms with Gasteiger partial charge in [0.2, 0.25) is 0 Å². The number of aryl methyl sites for hydroxylation is 2. The van der Waals surface area contributed by atoms with Crippen molar-refractivity contribution in [1.29, 1.82) is 0 Å². The summed E-state index contributed by atoms with van der Waals surface area (Å²) in [6.07, 6.45) is 3.45. The Balaban J connectivity index is 2.10. The molecular formula is C14H18O2. The van der Waals surface area contributed by atoms with E-state index in [1.54, 1.807) is 0 Å². The number of hydrogen-bond donors (Lipinski definition) is 0. The zero-order valence-corrected chi connectivity index (χ0v) is 9.95. The molecule has 1 fully saturated rings. The van der Waals surface area contributed by atoms with Crippen molar-refractivity contribution in [2.24, 2.45) is 0 Å². The molecule has 16 heavy (non-hydrogen) atoms. The normalized spacial score (nSPS) is 20.9. The van der Waals surface area contributed by atoms with E-state index in [1.807, 2.05) is 26.0 Å². The van der Waals surface area contributed by atoms with Gasteiger partial charge in [0.1, 0.15) is 5.75 Å². The first kappa shape index (κ1) is 11.2. The van der Waals surface area contributed by atoms with Crippen LogP contribution in [0.15, 0.2) is 18.2 Å². The van der Waals surface area contributed by atoms with Gasteiger partial charge in [-0.3, -0.25) is 4.79 Å². The number of ketones is 1. The zero-order chi connectivity index (χ0) is 11.5. The molecule has 0 amide bonds. The third-order valence-electron chi connectivity index (χ3n) is 2.97. The van der Waals surface area contributed by atoms with Crippen LogP contribution in [0.1, 0.15) is 36.8 Å². The molecule has 1 saturated carbocycles. The van der Waals surface area contributed by atoms with Crippen LogP contribution in [0.5, 0.6) is 5.75 Å². The number of ether oxygens (including phenoxy) is 1. The molecule has 0 aromatic heterocycles. The van der Waals surface area contributed by atoms with Crippen LogP contribution in [0.4, 0.5) is 0 Å². The lowest BCUT2D eigenvalue weighted by molar-refractivity contribution is -0.127. The Morgan fingerprint density at radius 3 is 2.44 bits per heavy atom. The van der Waals surface area contributed by atoms with Gasteiger partial charge in [-0.2, -0.15) is 0 Å². The Labute approximate surface area is 96.6 Å². The topological polar surface area (TPSA) is 26.3 Å². The van der Waals surface area contributed by atoms with Gasteiger partial charge in [-0.1, -0.05) is 6.07 Å². The maximum Gasteiger partial charge on any atom is 0.173 e. The third kappa shape index (κ3) is 2.63. The molecule has 2 nitrogen and oxygen atoms in total. The maximum absolute atomic E-state index is 11.6. The van der Waals surface area contributed by atoms with Gasteiger partial charge in [0, 0.05) is 6.42 Å². The van der Waals surface area contributed by atoms with E-state index in [1.165, 1.54) is 11.1 Å². The largest absolute Gasteiger partial charge is 0.483 e.